The molecular weight excluding hydrogens is 362 g/mol. The van der Waals surface area contributed by atoms with Crippen molar-refractivity contribution in [2.24, 2.45) is 0 Å². The fraction of sp³-hybridized carbons (Fsp3) is 0.333. The number of rotatable bonds is 5. The molecule has 142 valence electrons. The lowest BCUT2D eigenvalue weighted by Crippen LogP contribution is -2.27. The molecule has 6 heteroatoms. The highest BCUT2D eigenvalue weighted by molar-refractivity contribution is 6.31. The van der Waals surface area contributed by atoms with Crippen LogP contribution in [-0.2, 0) is 4.79 Å². The molecular formula is C21H24ClN3O2. The molecule has 0 aromatic heterocycles. The van der Waals surface area contributed by atoms with Crippen LogP contribution in [0.2, 0.25) is 5.02 Å². The van der Waals surface area contributed by atoms with E-state index in [9.17, 15) is 9.59 Å². The van der Waals surface area contributed by atoms with Gasteiger partial charge in [0.2, 0.25) is 5.91 Å². The summed E-state index contributed by atoms with van der Waals surface area (Å²) in [6.07, 6.45) is 2.15. The number of carbonyl (C=O) groups excluding carboxylic acids is 2. The minimum Gasteiger partial charge on any atom is -0.376 e. The predicted molar refractivity (Wildman–Crippen MR) is 110 cm³/mol. The lowest BCUT2D eigenvalue weighted by molar-refractivity contribution is -0.114. The summed E-state index contributed by atoms with van der Waals surface area (Å²) in [6, 6.07) is 11.0. The fourth-order valence-electron chi connectivity index (χ4n) is 3.21. The van der Waals surface area contributed by atoms with Crippen molar-refractivity contribution in [2.45, 2.75) is 26.7 Å². The van der Waals surface area contributed by atoms with Crippen LogP contribution in [0, 0.1) is 13.8 Å². The van der Waals surface area contributed by atoms with Crippen LogP contribution in [0.3, 0.4) is 0 Å². The van der Waals surface area contributed by atoms with Gasteiger partial charge in [-0.25, -0.2) is 0 Å². The van der Waals surface area contributed by atoms with E-state index in [-0.39, 0.29) is 18.4 Å². The third-order valence-electron chi connectivity index (χ3n) is 4.85. The zero-order valence-corrected chi connectivity index (χ0v) is 16.4. The Morgan fingerprint density at radius 1 is 1.07 bits per heavy atom. The lowest BCUT2D eigenvalue weighted by atomic mass is 10.1. The van der Waals surface area contributed by atoms with Crippen molar-refractivity contribution >= 4 is 34.8 Å². The molecule has 2 N–H and O–H groups in total. The average molecular weight is 386 g/mol. The highest BCUT2D eigenvalue weighted by atomic mass is 35.5. The van der Waals surface area contributed by atoms with Crippen molar-refractivity contribution in [3.8, 4) is 0 Å². The second kappa shape index (κ2) is 8.44. The number of nitrogens with zero attached hydrogens (tertiary/aromatic N) is 1. The SMILES string of the molecule is Cc1cc(C(=O)N2CCCC2)ccc1NCC(=O)Nc1cccc(Cl)c1C. The second-order valence-electron chi connectivity index (χ2n) is 6.84. The summed E-state index contributed by atoms with van der Waals surface area (Å²) in [5.74, 6) is -0.0756. The van der Waals surface area contributed by atoms with Crippen LogP contribution in [0.25, 0.3) is 0 Å². The van der Waals surface area contributed by atoms with Gasteiger partial charge in [-0.3, -0.25) is 9.59 Å². The van der Waals surface area contributed by atoms with Gasteiger partial charge in [0.15, 0.2) is 0 Å². The Balaban J connectivity index is 1.60. The maximum atomic E-state index is 12.5. The van der Waals surface area contributed by atoms with Gasteiger partial charge in [0, 0.05) is 35.1 Å². The van der Waals surface area contributed by atoms with E-state index >= 15 is 0 Å². The van der Waals surface area contributed by atoms with Crippen molar-refractivity contribution in [1.82, 2.24) is 4.90 Å². The van der Waals surface area contributed by atoms with E-state index < -0.39 is 0 Å². The zero-order chi connectivity index (χ0) is 19.4. The smallest absolute Gasteiger partial charge is 0.253 e. The van der Waals surface area contributed by atoms with E-state index in [0.717, 1.165) is 42.7 Å². The van der Waals surface area contributed by atoms with E-state index in [1.807, 2.05) is 43.0 Å². The molecule has 0 spiro atoms. The quantitative estimate of drug-likeness (QED) is 0.809. The van der Waals surface area contributed by atoms with E-state index in [0.29, 0.717) is 16.3 Å². The van der Waals surface area contributed by atoms with Crippen LogP contribution < -0.4 is 10.6 Å². The molecule has 0 aliphatic carbocycles. The first kappa shape index (κ1) is 19.2. The number of aryl methyl sites for hydroxylation is 1. The summed E-state index contributed by atoms with van der Waals surface area (Å²) in [4.78, 5) is 26.6. The highest BCUT2D eigenvalue weighted by Crippen LogP contribution is 2.23. The number of amides is 2. The summed E-state index contributed by atoms with van der Waals surface area (Å²) in [7, 11) is 0. The molecule has 27 heavy (non-hydrogen) atoms. The van der Waals surface area contributed by atoms with Gasteiger partial charge in [-0.15, -0.1) is 0 Å². The van der Waals surface area contributed by atoms with Crippen molar-refractivity contribution in [1.29, 1.82) is 0 Å². The second-order valence-corrected chi connectivity index (χ2v) is 7.25. The van der Waals surface area contributed by atoms with Gasteiger partial charge in [-0.2, -0.15) is 0 Å². The van der Waals surface area contributed by atoms with Crippen LogP contribution >= 0.6 is 11.6 Å². The minimum absolute atomic E-state index is 0.0799. The van der Waals surface area contributed by atoms with Gasteiger partial charge < -0.3 is 15.5 Å². The van der Waals surface area contributed by atoms with Gasteiger partial charge >= 0.3 is 0 Å². The molecule has 0 saturated carbocycles. The van der Waals surface area contributed by atoms with Crippen LogP contribution in [0.15, 0.2) is 36.4 Å². The highest BCUT2D eigenvalue weighted by Gasteiger charge is 2.19. The lowest BCUT2D eigenvalue weighted by Gasteiger charge is -2.17. The van der Waals surface area contributed by atoms with E-state index in [2.05, 4.69) is 10.6 Å². The molecule has 1 aliphatic rings. The zero-order valence-electron chi connectivity index (χ0n) is 15.6. The first-order valence-corrected chi connectivity index (χ1v) is 9.52. The van der Waals surface area contributed by atoms with Gasteiger partial charge in [0.25, 0.3) is 5.91 Å². The van der Waals surface area contributed by atoms with Crippen molar-refractivity contribution in [3.63, 3.8) is 0 Å². The molecule has 1 heterocycles. The van der Waals surface area contributed by atoms with E-state index in [1.165, 1.54) is 0 Å². The normalized spacial score (nSPS) is 13.5. The molecule has 2 amide bonds. The molecule has 0 atom stereocenters. The number of likely N-dealkylation sites (tertiary alicyclic amines) is 1. The summed E-state index contributed by atoms with van der Waals surface area (Å²) in [5, 5.41) is 6.61. The first-order chi connectivity index (χ1) is 13.0. The molecule has 2 aromatic carbocycles. The van der Waals surface area contributed by atoms with E-state index in [1.54, 1.807) is 12.1 Å². The molecule has 5 nitrogen and oxygen atoms in total. The van der Waals surface area contributed by atoms with Crippen molar-refractivity contribution < 1.29 is 9.59 Å². The number of benzene rings is 2. The maximum Gasteiger partial charge on any atom is 0.253 e. The maximum absolute atomic E-state index is 12.5. The summed E-state index contributed by atoms with van der Waals surface area (Å²) in [5.41, 5.74) is 4.02. The molecule has 1 saturated heterocycles. The Morgan fingerprint density at radius 3 is 2.52 bits per heavy atom. The number of hydrogen-bond acceptors (Lipinski definition) is 3. The van der Waals surface area contributed by atoms with Crippen LogP contribution in [0.4, 0.5) is 11.4 Å². The Bertz CT molecular complexity index is 861. The summed E-state index contributed by atoms with van der Waals surface area (Å²) in [6.45, 7) is 5.60. The van der Waals surface area contributed by atoms with Crippen LogP contribution in [0.5, 0.6) is 0 Å². The van der Waals surface area contributed by atoms with Gasteiger partial charge in [-0.05, 0) is 68.1 Å². The molecule has 0 unspecified atom stereocenters. The van der Waals surface area contributed by atoms with Gasteiger partial charge in [-0.1, -0.05) is 17.7 Å². The summed E-state index contributed by atoms with van der Waals surface area (Å²) >= 11 is 6.08. The Kier molecular flexibility index (Phi) is 6.01. The third-order valence-corrected chi connectivity index (χ3v) is 5.26. The van der Waals surface area contributed by atoms with Gasteiger partial charge in [0.1, 0.15) is 0 Å². The monoisotopic (exact) mass is 385 g/mol. The standard InChI is InChI=1S/C21H24ClN3O2/c1-14-12-16(21(27)25-10-3-4-11-25)8-9-18(14)23-13-20(26)24-19-7-5-6-17(22)15(19)2/h5-9,12,23H,3-4,10-11,13H2,1-2H3,(H,24,26). The molecule has 1 aliphatic heterocycles. The Hall–Kier alpha value is -2.53. The Morgan fingerprint density at radius 2 is 1.81 bits per heavy atom. The topological polar surface area (TPSA) is 61.4 Å². The Labute approximate surface area is 164 Å². The number of carbonyl (C=O) groups is 2. The largest absolute Gasteiger partial charge is 0.376 e. The third kappa shape index (κ3) is 4.61. The number of halogens is 1. The summed E-state index contributed by atoms with van der Waals surface area (Å²) < 4.78 is 0. The minimum atomic E-state index is -0.156. The number of hydrogen-bond donors (Lipinski definition) is 2. The van der Waals surface area contributed by atoms with Crippen LogP contribution in [-0.4, -0.2) is 36.3 Å². The van der Waals surface area contributed by atoms with Crippen molar-refractivity contribution in [2.75, 3.05) is 30.3 Å². The molecule has 0 bridgehead atoms. The van der Waals surface area contributed by atoms with Crippen LogP contribution in [0.1, 0.15) is 34.3 Å². The van der Waals surface area contributed by atoms with Gasteiger partial charge in [0.05, 0.1) is 6.54 Å². The average Bonchev–Trinajstić information content (AvgIpc) is 3.18. The number of nitrogens with one attached hydrogen (secondary N) is 2. The predicted octanol–water partition coefficient (Wildman–Crippen LogP) is 4.24. The fourth-order valence-corrected chi connectivity index (χ4v) is 3.39. The number of anilines is 2. The van der Waals surface area contributed by atoms with Crippen molar-refractivity contribution in [3.05, 3.63) is 58.1 Å². The molecule has 3 rings (SSSR count). The molecule has 0 radical (unpaired) electrons. The molecule has 1 fully saturated rings. The first-order valence-electron chi connectivity index (χ1n) is 9.14. The molecule has 2 aromatic rings. The van der Waals surface area contributed by atoms with E-state index in [4.69, 9.17) is 11.6 Å².